The molecule has 14 heteroatoms. The van der Waals surface area contributed by atoms with Crippen molar-refractivity contribution in [2.75, 3.05) is 0 Å². The van der Waals surface area contributed by atoms with E-state index in [1.807, 2.05) is 0 Å². The molecule has 0 saturated heterocycles. The number of aromatic nitrogens is 3. The molecule has 0 fully saturated rings. The molecule has 0 aliphatic heterocycles. The SMILES string of the molecule is CCn1c(Oc2ccc(F)cc2)nnc1[C@@H](C)NS(=O)(=O)c1c(Cl)cc(C(F)(F)F)cc1Cl. The number of benzene rings is 2. The van der Waals surface area contributed by atoms with Crippen molar-refractivity contribution in [3.05, 3.63) is 63.6 Å². The van der Waals surface area contributed by atoms with Gasteiger partial charge in [0.2, 0.25) is 10.0 Å². The predicted molar refractivity (Wildman–Crippen MR) is 112 cm³/mol. The molecule has 0 radical (unpaired) electrons. The fraction of sp³-hybridized carbons (Fsp3) is 0.263. The molecule has 178 valence electrons. The second-order valence-electron chi connectivity index (χ2n) is 6.75. The van der Waals surface area contributed by atoms with Crippen LogP contribution in [0.15, 0.2) is 41.3 Å². The van der Waals surface area contributed by atoms with Gasteiger partial charge in [0.15, 0.2) is 5.82 Å². The quantitative estimate of drug-likeness (QED) is 0.405. The van der Waals surface area contributed by atoms with E-state index in [1.54, 1.807) is 6.92 Å². The second-order valence-corrected chi connectivity index (χ2v) is 9.22. The summed E-state index contributed by atoms with van der Waals surface area (Å²) >= 11 is 11.7. The van der Waals surface area contributed by atoms with Crippen LogP contribution in [0.1, 0.15) is 31.3 Å². The fourth-order valence-corrected chi connectivity index (χ4v) is 5.34. The molecule has 1 N–H and O–H groups in total. The number of hydrogen-bond donors (Lipinski definition) is 1. The zero-order valence-corrected chi connectivity index (χ0v) is 19.3. The standard InChI is InChI=1S/C19H16Cl2F4N4O3S/c1-3-29-17(26-27-18(29)32-13-6-4-12(22)5-7-13)10(2)28-33(30,31)16-14(20)8-11(9-15(16)21)19(23,24)25/h4-10,28H,3H2,1-2H3/t10-/m1/s1. The van der Waals surface area contributed by atoms with Crippen LogP contribution in [0, 0.1) is 5.82 Å². The Morgan fingerprint density at radius 3 is 2.21 bits per heavy atom. The molecule has 0 unspecified atom stereocenters. The highest BCUT2D eigenvalue weighted by Gasteiger charge is 2.34. The number of halogens is 6. The van der Waals surface area contributed by atoms with Gasteiger partial charge in [0.05, 0.1) is 21.7 Å². The van der Waals surface area contributed by atoms with Crippen LogP contribution in [-0.2, 0) is 22.7 Å². The van der Waals surface area contributed by atoms with Gasteiger partial charge in [0.25, 0.3) is 0 Å². The average molecular weight is 527 g/mol. The summed E-state index contributed by atoms with van der Waals surface area (Å²) in [5, 5.41) is 6.45. The van der Waals surface area contributed by atoms with Crippen molar-refractivity contribution >= 4 is 33.2 Å². The van der Waals surface area contributed by atoms with Crippen molar-refractivity contribution in [2.45, 2.75) is 37.5 Å². The molecule has 0 aliphatic carbocycles. The first-order valence-corrected chi connectivity index (χ1v) is 11.5. The smallest absolute Gasteiger partial charge is 0.416 e. The van der Waals surface area contributed by atoms with Gasteiger partial charge in [-0.15, -0.1) is 5.10 Å². The van der Waals surface area contributed by atoms with E-state index in [0.717, 1.165) is 0 Å². The topological polar surface area (TPSA) is 86.1 Å². The summed E-state index contributed by atoms with van der Waals surface area (Å²) in [6.07, 6.45) is -4.76. The van der Waals surface area contributed by atoms with E-state index in [2.05, 4.69) is 14.9 Å². The van der Waals surface area contributed by atoms with Crippen molar-refractivity contribution in [2.24, 2.45) is 0 Å². The summed E-state index contributed by atoms with van der Waals surface area (Å²) in [5.41, 5.74) is -1.18. The summed E-state index contributed by atoms with van der Waals surface area (Å²) in [7, 11) is -4.46. The van der Waals surface area contributed by atoms with Crippen LogP contribution >= 0.6 is 23.2 Å². The van der Waals surface area contributed by atoms with E-state index in [-0.39, 0.29) is 24.1 Å². The zero-order valence-electron chi connectivity index (χ0n) is 17.0. The lowest BCUT2D eigenvalue weighted by molar-refractivity contribution is -0.137. The minimum atomic E-state index is -4.76. The first kappa shape index (κ1) is 25.2. The third kappa shape index (κ3) is 5.57. The van der Waals surface area contributed by atoms with Gasteiger partial charge < -0.3 is 4.74 Å². The number of rotatable bonds is 7. The Bertz CT molecular complexity index is 1240. The number of sulfonamides is 1. The largest absolute Gasteiger partial charge is 0.424 e. The third-order valence-corrected chi connectivity index (χ3v) is 6.86. The Balaban J connectivity index is 1.88. The van der Waals surface area contributed by atoms with Gasteiger partial charge in [-0.3, -0.25) is 4.57 Å². The monoisotopic (exact) mass is 526 g/mol. The molecule has 0 saturated carbocycles. The predicted octanol–water partition coefficient (Wildman–Crippen LogP) is 5.59. The number of ether oxygens (including phenoxy) is 1. The summed E-state index contributed by atoms with van der Waals surface area (Å²) in [5.74, 6) is -0.0254. The molecule has 0 spiro atoms. The maximum atomic E-state index is 13.1. The molecule has 7 nitrogen and oxygen atoms in total. The van der Waals surface area contributed by atoms with E-state index in [4.69, 9.17) is 27.9 Å². The number of nitrogens with one attached hydrogen (secondary N) is 1. The van der Waals surface area contributed by atoms with E-state index in [1.165, 1.54) is 35.8 Å². The Morgan fingerprint density at radius 2 is 1.70 bits per heavy atom. The lowest BCUT2D eigenvalue weighted by atomic mass is 10.2. The van der Waals surface area contributed by atoms with Gasteiger partial charge in [-0.2, -0.15) is 13.2 Å². The van der Waals surface area contributed by atoms with Crippen LogP contribution in [0.25, 0.3) is 0 Å². The maximum Gasteiger partial charge on any atom is 0.416 e. The van der Waals surface area contributed by atoms with Crippen molar-refractivity contribution in [1.82, 2.24) is 19.5 Å². The summed E-state index contributed by atoms with van der Waals surface area (Å²) in [6.45, 7) is 3.46. The van der Waals surface area contributed by atoms with Gasteiger partial charge in [-0.1, -0.05) is 28.3 Å². The Labute approximate surface area is 196 Å². The van der Waals surface area contributed by atoms with Crippen LogP contribution in [0.5, 0.6) is 11.8 Å². The van der Waals surface area contributed by atoms with Gasteiger partial charge in [0.1, 0.15) is 16.5 Å². The lowest BCUT2D eigenvalue weighted by Crippen LogP contribution is -2.29. The molecule has 0 amide bonds. The third-order valence-electron chi connectivity index (χ3n) is 4.40. The summed E-state index contributed by atoms with van der Waals surface area (Å²) in [6, 6.07) is 5.13. The fourth-order valence-electron chi connectivity index (χ4n) is 2.93. The lowest BCUT2D eigenvalue weighted by Gasteiger charge is -2.17. The van der Waals surface area contributed by atoms with E-state index < -0.39 is 48.6 Å². The molecule has 0 aliphatic rings. The zero-order chi connectivity index (χ0) is 24.6. The van der Waals surface area contributed by atoms with Crippen molar-refractivity contribution < 1.29 is 30.7 Å². The molecular weight excluding hydrogens is 511 g/mol. The van der Waals surface area contributed by atoms with Crippen molar-refractivity contribution in [1.29, 1.82) is 0 Å². The van der Waals surface area contributed by atoms with Gasteiger partial charge in [0, 0.05) is 6.54 Å². The number of nitrogens with zero attached hydrogens (tertiary/aromatic N) is 3. The molecule has 1 aromatic heterocycles. The maximum absolute atomic E-state index is 13.1. The van der Waals surface area contributed by atoms with Gasteiger partial charge >= 0.3 is 12.2 Å². The highest BCUT2D eigenvalue weighted by molar-refractivity contribution is 7.89. The van der Waals surface area contributed by atoms with Crippen LogP contribution in [0.4, 0.5) is 17.6 Å². The summed E-state index contributed by atoms with van der Waals surface area (Å²) < 4.78 is 87.0. The molecule has 3 rings (SSSR count). The molecule has 2 aromatic carbocycles. The molecule has 1 heterocycles. The molecular formula is C19H16Cl2F4N4O3S. The highest BCUT2D eigenvalue weighted by Crippen LogP contribution is 2.38. The first-order valence-electron chi connectivity index (χ1n) is 9.28. The Morgan fingerprint density at radius 1 is 1.12 bits per heavy atom. The van der Waals surface area contributed by atoms with Crippen LogP contribution in [0.2, 0.25) is 10.0 Å². The van der Waals surface area contributed by atoms with Crippen molar-refractivity contribution in [3.63, 3.8) is 0 Å². The van der Waals surface area contributed by atoms with Gasteiger partial charge in [-0.25, -0.2) is 17.5 Å². The van der Waals surface area contributed by atoms with Crippen molar-refractivity contribution in [3.8, 4) is 11.8 Å². The van der Waals surface area contributed by atoms with Crippen LogP contribution < -0.4 is 9.46 Å². The van der Waals surface area contributed by atoms with Crippen LogP contribution in [0.3, 0.4) is 0 Å². The van der Waals surface area contributed by atoms with E-state index >= 15 is 0 Å². The Kier molecular flexibility index (Phi) is 7.22. The second kappa shape index (κ2) is 9.45. The minimum absolute atomic E-state index is 0.0238. The number of hydrogen-bond acceptors (Lipinski definition) is 5. The molecule has 1 atom stereocenters. The first-order chi connectivity index (χ1) is 15.3. The minimum Gasteiger partial charge on any atom is -0.424 e. The highest BCUT2D eigenvalue weighted by atomic mass is 35.5. The van der Waals surface area contributed by atoms with E-state index in [9.17, 15) is 26.0 Å². The molecule has 33 heavy (non-hydrogen) atoms. The number of alkyl halides is 3. The molecule has 0 bridgehead atoms. The van der Waals surface area contributed by atoms with Crippen LogP contribution in [-0.4, -0.2) is 23.2 Å². The van der Waals surface area contributed by atoms with Gasteiger partial charge in [-0.05, 0) is 50.2 Å². The molecule has 3 aromatic rings. The normalized spacial score (nSPS) is 13.2. The van der Waals surface area contributed by atoms with E-state index in [0.29, 0.717) is 12.1 Å². The Hall–Kier alpha value is -2.41. The summed E-state index contributed by atoms with van der Waals surface area (Å²) in [4.78, 5) is -0.698. The average Bonchev–Trinajstić information content (AvgIpc) is 3.10.